The molecule has 0 saturated carbocycles. The molecule has 1 aromatic carbocycles. The number of barbiturate groups is 1. The number of hydrogen-bond acceptors (Lipinski definition) is 3. The van der Waals surface area contributed by atoms with Crippen LogP contribution in [0.4, 0.5) is 14.9 Å². The molecule has 5 nitrogen and oxygen atoms in total. The van der Waals surface area contributed by atoms with Crippen LogP contribution in [0.3, 0.4) is 0 Å². The molecule has 19 heavy (non-hydrogen) atoms. The van der Waals surface area contributed by atoms with Crippen molar-refractivity contribution < 1.29 is 18.8 Å². The number of nitrogens with zero attached hydrogens (tertiary/aromatic N) is 1. The fourth-order valence-electron chi connectivity index (χ4n) is 1.65. The summed E-state index contributed by atoms with van der Waals surface area (Å²) in [6.07, 6.45) is 0. The van der Waals surface area contributed by atoms with Gasteiger partial charge in [-0.3, -0.25) is 14.9 Å². The van der Waals surface area contributed by atoms with E-state index < -0.39 is 29.1 Å². The summed E-state index contributed by atoms with van der Waals surface area (Å²) in [7, 11) is 0. The summed E-state index contributed by atoms with van der Waals surface area (Å²) in [6.45, 7) is 2.71. The lowest BCUT2D eigenvalue weighted by Gasteiger charge is -2.34. The molecule has 2 rings (SSSR count). The lowest BCUT2D eigenvalue weighted by Crippen LogP contribution is -2.62. The molecule has 1 aliphatic heterocycles. The van der Waals surface area contributed by atoms with Gasteiger partial charge in [-0.25, -0.2) is 14.1 Å². The maximum absolute atomic E-state index is 13.7. The van der Waals surface area contributed by atoms with Gasteiger partial charge in [0, 0.05) is 5.02 Å². The van der Waals surface area contributed by atoms with Crippen LogP contribution in [0.2, 0.25) is 5.02 Å². The third-order valence-electron chi connectivity index (χ3n) is 2.88. The van der Waals surface area contributed by atoms with Gasteiger partial charge in [0.05, 0.1) is 5.69 Å². The number of hydrogen-bond donors (Lipinski definition) is 1. The fraction of sp³-hybridized carbons (Fsp3) is 0.250. The highest BCUT2D eigenvalue weighted by Gasteiger charge is 2.48. The molecule has 1 saturated heterocycles. The molecule has 0 bridgehead atoms. The Morgan fingerprint density at radius 1 is 1.26 bits per heavy atom. The smallest absolute Gasteiger partial charge is 0.276 e. The highest BCUT2D eigenvalue weighted by atomic mass is 35.5. The SMILES string of the molecule is CC1(C)C(=O)NC(=O)N(c2cc(Cl)ccc2F)C1=O. The summed E-state index contributed by atoms with van der Waals surface area (Å²) in [6, 6.07) is 2.50. The number of carbonyl (C=O) groups is 3. The van der Waals surface area contributed by atoms with Gasteiger partial charge >= 0.3 is 6.03 Å². The monoisotopic (exact) mass is 284 g/mol. The molecular weight excluding hydrogens is 275 g/mol. The van der Waals surface area contributed by atoms with Crippen LogP contribution in [0, 0.1) is 11.2 Å². The first kappa shape index (κ1) is 13.5. The van der Waals surface area contributed by atoms with Crippen molar-refractivity contribution in [3.05, 3.63) is 29.0 Å². The molecule has 1 aromatic rings. The summed E-state index contributed by atoms with van der Waals surface area (Å²) in [5.74, 6) is -2.30. The lowest BCUT2D eigenvalue weighted by atomic mass is 9.88. The Morgan fingerprint density at radius 2 is 1.89 bits per heavy atom. The summed E-state index contributed by atoms with van der Waals surface area (Å²) in [5.41, 5.74) is -1.74. The van der Waals surface area contributed by atoms with Crippen molar-refractivity contribution in [2.75, 3.05) is 4.90 Å². The van der Waals surface area contributed by atoms with Gasteiger partial charge in [-0.1, -0.05) is 11.6 Å². The number of rotatable bonds is 1. The number of imide groups is 2. The van der Waals surface area contributed by atoms with E-state index in [1.54, 1.807) is 0 Å². The topological polar surface area (TPSA) is 66.5 Å². The van der Waals surface area contributed by atoms with Crippen molar-refractivity contribution in [2.24, 2.45) is 5.41 Å². The lowest BCUT2D eigenvalue weighted by molar-refractivity contribution is -0.140. The van der Waals surface area contributed by atoms with E-state index >= 15 is 0 Å². The Labute approximate surface area is 113 Å². The van der Waals surface area contributed by atoms with Crippen molar-refractivity contribution >= 4 is 35.1 Å². The number of carbonyl (C=O) groups excluding carboxylic acids is 3. The Bertz CT molecular complexity index is 601. The zero-order valence-corrected chi connectivity index (χ0v) is 10.9. The summed E-state index contributed by atoms with van der Waals surface area (Å²) >= 11 is 5.73. The van der Waals surface area contributed by atoms with Gasteiger partial charge in [0.25, 0.3) is 0 Å². The number of anilines is 1. The van der Waals surface area contributed by atoms with Gasteiger partial charge in [-0.2, -0.15) is 0 Å². The molecule has 1 aliphatic rings. The molecule has 4 amide bonds. The van der Waals surface area contributed by atoms with E-state index in [2.05, 4.69) is 0 Å². The standard InChI is InChI=1S/C12H10ClFN2O3/c1-12(2)9(17)15-11(19)16(10(12)18)8-5-6(13)3-4-7(8)14/h3-5H,1-2H3,(H,15,17,19). The second-order valence-corrected chi connectivity index (χ2v) is 5.06. The quantitative estimate of drug-likeness (QED) is 0.803. The van der Waals surface area contributed by atoms with Crippen molar-refractivity contribution in [1.82, 2.24) is 5.32 Å². The van der Waals surface area contributed by atoms with Crippen molar-refractivity contribution in [3.8, 4) is 0 Å². The van der Waals surface area contributed by atoms with Gasteiger partial charge in [-0.05, 0) is 32.0 Å². The van der Waals surface area contributed by atoms with E-state index in [0.717, 1.165) is 12.1 Å². The minimum atomic E-state index is -1.46. The Morgan fingerprint density at radius 3 is 2.53 bits per heavy atom. The predicted octanol–water partition coefficient (Wildman–Crippen LogP) is 2.09. The number of amides is 4. The third-order valence-corrected chi connectivity index (χ3v) is 3.11. The van der Waals surface area contributed by atoms with Gasteiger partial charge in [0.1, 0.15) is 11.2 Å². The summed E-state index contributed by atoms with van der Waals surface area (Å²) in [5, 5.41) is 2.19. The van der Waals surface area contributed by atoms with E-state index in [9.17, 15) is 18.8 Å². The zero-order valence-electron chi connectivity index (χ0n) is 10.2. The van der Waals surface area contributed by atoms with Crippen LogP contribution < -0.4 is 10.2 Å². The third kappa shape index (κ3) is 2.08. The highest BCUT2D eigenvalue weighted by Crippen LogP contribution is 2.31. The minimum absolute atomic E-state index is 0.173. The normalized spacial score (nSPS) is 18.5. The fourth-order valence-corrected chi connectivity index (χ4v) is 1.82. The van der Waals surface area contributed by atoms with Crippen LogP contribution >= 0.6 is 11.6 Å². The van der Waals surface area contributed by atoms with E-state index in [4.69, 9.17) is 11.6 Å². The zero-order chi connectivity index (χ0) is 14.4. The Kier molecular flexibility index (Phi) is 3.06. The predicted molar refractivity (Wildman–Crippen MR) is 66.2 cm³/mol. The van der Waals surface area contributed by atoms with E-state index in [-0.39, 0.29) is 10.7 Å². The number of urea groups is 1. The molecular formula is C12H10ClFN2O3. The van der Waals surface area contributed by atoms with Crippen LogP contribution in [0.5, 0.6) is 0 Å². The Balaban J connectivity index is 2.55. The van der Waals surface area contributed by atoms with E-state index in [1.165, 1.54) is 19.9 Å². The van der Waals surface area contributed by atoms with Gasteiger partial charge in [0.2, 0.25) is 11.8 Å². The second-order valence-electron chi connectivity index (χ2n) is 4.62. The van der Waals surface area contributed by atoms with Crippen LogP contribution in [0.1, 0.15) is 13.8 Å². The molecule has 0 aromatic heterocycles. The number of nitrogens with one attached hydrogen (secondary N) is 1. The highest BCUT2D eigenvalue weighted by molar-refractivity contribution is 6.32. The van der Waals surface area contributed by atoms with Gasteiger partial charge in [-0.15, -0.1) is 0 Å². The molecule has 1 N–H and O–H groups in total. The largest absolute Gasteiger partial charge is 0.335 e. The summed E-state index contributed by atoms with van der Waals surface area (Å²) < 4.78 is 13.7. The van der Waals surface area contributed by atoms with Crippen LogP contribution in [0.25, 0.3) is 0 Å². The van der Waals surface area contributed by atoms with Crippen molar-refractivity contribution in [1.29, 1.82) is 0 Å². The number of benzene rings is 1. The maximum Gasteiger partial charge on any atom is 0.335 e. The van der Waals surface area contributed by atoms with Gasteiger partial charge in [0.15, 0.2) is 0 Å². The minimum Gasteiger partial charge on any atom is -0.276 e. The molecule has 0 atom stereocenters. The first-order valence-corrected chi connectivity index (χ1v) is 5.78. The van der Waals surface area contributed by atoms with Crippen molar-refractivity contribution in [2.45, 2.75) is 13.8 Å². The maximum atomic E-state index is 13.7. The average Bonchev–Trinajstić information content (AvgIpc) is 2.32. The van der Waals surface area contributed by atoms with E-state index in [1.807, 2.05) is 5.32 Å². The number of halogens is 2. The first-order valence-electron chi connectivity index (χ1n) is 5.40. The van der Waals surface area contributed by atoms with Crippen LogP contribution in [-0.2, 0) is 9.59 Å². The van der Waals surface area contributed by atoms with Crippen LogP contribution in [0.15, 0.2) is 18.2 Å². The molecule has 100 valence electrons. The van der Waals surface area contributed by atoms with Crippen LogP contribution in [-0.4, -0.2) is 17.8 Å². The first-order chi connectivity index (χ1) is 8.75. The molecule has 0 spiro atoms. The van der Waals surface area contributed by atoms with E-state index in [0.29, 0.717) is 4.90 Å². The molecule has 1 heterocycles. The molecule has 0 radical (unpaired) electrons. The molecule has 7 heteroatoms. The molecule has 0 aliphatic carbocycles. The van der Waals surface area contributed by atoms with Gasteiger partial charge < -0.3 is 0 Å². The Hall–Kier alpha value is -1.95. The molecule has 0 unspecified atom stereocenters. The second kappa shape index (κ2) is 4.31. The average molecular weight is 285 g/mol. The molecule has 1 fully saturated rings. The van der Waals surface area contributed by atoms with Crippen molar-refractivity contribution in [3.63, 3.8) is 0 Å². The summed E-state index contributed by atoms with van der Waals surface area (Å²) in [4.78, 5) is 36.0.